The number of carbonyl (C=O) groups is 1. The fourth-order valence-corrected chi connectivity index (χ4v) is 2.77. The second-order valence-corrected chi connectivity index (χ2v) is 5.61. The molecule has 0 aromatic heterocycles. The second-order valence-electron chi connectivity index (χ2n) is 4.75. The van der Waals surface area contributed by atoms with E-state index in [9.17, 15) is 4.79 Å². The van der Waals surface area contributed by atoms with Crippen molar-refractivity contribution in [2.75, 3.05) is 26.7 Å². The summed E-state index contributed by atoms with van der Waals surface area (Å²) in [7, 11) is 1.61. The van der Waals surface area contributed by atoms with Crippen molar-refractivity contribution < 1.29 is 9.53 Å². The van der Waals surface area contributed by atoms with Crippen LogP contribution in [0.2, 0.25) is 0 Å². The summed E-state index contributed by atoms with van der Waals surface area (Å²) in [5.74, 6) is 1.30. The van der Waals surface area contributed by atoms with Crippen LogP contribution in [-0.2, 0) is 0 Å². The lowest BCUT2D eigenvalue weighted by atomic mass is 9.98. The van der Waals surface area contributed by atoms with E-state index in [1.54, 1.807) is 25.3 Å². The third kappa shape index (κ3) is 3.94. The zero-order chi connectivity index (χ0) is 13.7. The molecule has 0 aliphatic carbocycles. The van der Waals surface area contributed by atoms with Gasteiger partial charge in [-0.3, -0.25) is 4.79 Å². The summed E-state index contributed by atoms with van der Waals surface area (Å²) in [6, 6.07) is 5.36. The SMILES string of the molecule is COc1ccc(C(=O)NCC2CCNCC2)cc1Br. The maximum atomic E-state index is 12.1. The quantitative estimate of drug-likeness (QED) is 0.891. The minimum Gasteiger partial charge on any atom is -0.496 e. The van der Waals surface area contributed by atoms with E-state index in [1.807, 2.05) is 0 Å². The van der Waals surface area contributed by atoms with Crippen molar-refractivity contribution >= 4 is 21.8 Å². The number of rotatable bonds is 4. The van der Waals surface area contributed by atoms with E-state index >= 15 is 0 Å². The Balaban J connectivity index is 1.90. The van der Waals surface area contributed by atoms with Gasteiger partial charge in [0.25, 0.3) is 5.91 Å². The lowest BCUT2D eigenvalue weighted by molar-refractivity contribution is 0.0944. The van der Waals surface area contributed by atoms with E-state index in [1.165, 1.54) is 0 Å². The molecule has 1 saturated heterocycles. The normalized spacial score (nSPS) is 16.1. The molecule has 0 bridgehead atoms. The average molecular weight is 327 g/mol. The van der Waals surface area contributed by atoms with E-state index in [-0.39, 0.29) is 5.91 Å². The van der Waals surface area contributed by atoms with E-state index in [0.29, 0.717) is 11.5 Å². The molecule has 104 valence electrons. The molecule has 0 unspecified atom stereocenters. The molecule has 5 heteroatoms. The Bertz CT molecular complexity index is 445. The van der Waals surface area contributed by atoms with Crippen LogP contribution in [0.4, 0.5) is 0 Å². The number of ether oxygens (including phenoxy) is 1. The molecule has 1 aromatic carbocycles. The number of halogens is 1. The van der Waals surface area contributed by atoms with Crippen LogP contribution in [-0.4, -0.2) is 32.7 Å². The highest BCUT2D eigenvalue weighted by atomic mass is 79.9. The number of hydrogen-bond donors (Lipinski definition) is 2. The molecular weight excluding hydrogens is 308 g/mol. The summed E-state index contributed by atoms with van der Waals surface area (Å²) in [6.07, 6.45) is 2.26. The Morgan fingerprint density at radius 3 is 2.84 bits per heavy atom. The first-order chi connectivity index (χ1) is 9.20. The fourth-order valence-electron chi connectivity index (χ4n) is 2.23. The van der Waals surface area contributed by atoms with Crippen molar-refractivity contribution in [1.29, 1.82) is 0 Å². The van der Waals surface area contributed by atoms with Crippen LogP contribution in [0.1, 0.15) is 23.2 Å². The molecule has 0 spiro atoms. The molecule has 1 heterocycles. The lowest BCUT2D eigenvalue weighted by Gasteiger charge is -2.22. The molecule has 19 heavy (non-hydrogen) atoms. The minimum absolute atomic E-state index is 0.0260. The number of amides is 1. The standard InChI is InChI=1S/C14H19BrN2O2/c1-19-13-3-2-11(8-12(13)15)14(18)17-9-10-4-6-16-7-5-10/h2-3,8,10,16H,4-7,9H2,1H3,(H,17,18). The van der Waals surface area contributed by atoms with Crippen molar-refractivity contribution in [2.45, 2.75) is 12.8 Å². The topological polar surface area (TPSA) is 50.4 Å². The maximum Gasteiger partial charge on any atom is 0.251 e. The van der Waals surface area contributed by atoms with E-state index in [0.717, 1.165) is 42.7 Å². The van der Waals surface area contributed by atoms with Crippen LogP contribution >= 0.6 is 15.9 Å². The molecule has 0 atom stereocenters. The van der Waals surface area contributed by atoms with Gasteiger partial charge in [-0.15, -0.1) is 0 Å². The van der Waals surface area contributed by atoms with Gasteiger partial charge in [-0.05, 0) is 66.0 Å². The highest BCUT2D eigenvalue weighted by Gasteiger charge is 2.15. The number of hydrogen-bond acceptors (Lipinski definition) is 3. The average Bonchev–Trinajstić information content (AvgIpc) is 2.45. The number of piperidine rings is 1. The largest absolute Gasteiger partial charge is 0.496 e. The highest BCUT2D eigenvalue weighted by Crippen LogP contribution is 2.25. The first kappa shape index (κ1) is 14.3. The number of nitrogens with one attached hydrogen (secondary N) is 2. The van der Waals surface area contributed by atoms with Crippen LogP contribution in [0, 0.1) is 5.92 Å². The third-order valence-corrected chi connectivity index (χ3v) is 4.04. The number of methoxy groups -OCH3 is 1. The predicted molar refractivity (Wildman–Crippen MR) is 78.6 cm³/mol. The van der Waals surface area contributed by atoms with Crippen molar-refractivity contribution in [3.05, 3.63) is 28.2 Å². The van der Waals surface area contributed by atoms with Crippen LogP contribution < -0.4 is 15.4 Å². The Morgan fingerprint density at radius 1 is 1.47 bits per heavy atom. The van der Waals surface area contributed by atoms with E-state index in [4.69, 9.17) is 4.74 Å². The summed E-state index contributed by atoms with van der Waals surface area (Å²) in [4.78, 5) is 12.1. The van der Waals surface area contributed by atoms with E-state index < -0.39 is 0 Å². The van der Waals surface area contributed by atoms with Gasteiger partial charge in [0.1, 0.15) is 5.75 Å². The Labute approximate surface area is 122 Å². The number of carbonyl (C=O) groups excluding carboxylic acids is 1. The third-order valence-electron chi connectivity index (χ3n) is 3.42. The number of benzene rings is 1. The molecule has 1 aliphatic heterocycles. The van der Waals surface area contributed by atoms with Crippen molar-refractivity contribution in [1.82, 2.24) is 10.6 Å². The summed E-state index contributed by atoms with van der Waals surface area (Å²) in [5, 5.41) is 6.33. The van der Waals surface area contributed by atoms with Gasteiger partial charge in [0.2, 0.25) is 0 Å². The van der Waals surface area contributed by atoms with Gasteiger partial charge in [-0.2, -0.15) is 0 Å². The van der Waals surface area contributed by atoms with Gasteiger partial charge < -0.3 is 15.4 Å². The molecule has 1 fully saturated rings. The predicted octanol–water partition coefficient (Wildman–Crippen LogP) is 2.19. The zero-order valence-corrected chi connectivity index (χ0v) is 12.6. The molecule has 0 saturated carbocycles. The summed E-state index contributed by atoms with van der Waals surface area (Å²) >= 11 is 3.39. The van der Waals surface area contributed by atoms with Gasteiger partial charge >= 0.3 is 0 Å². The smallest absolute Gasteiger partial charge is 0.251 e. The monoisotopic (exact) mass is 326 g/mol. The second kappa shape index (κ2) is 6.91. The molecular formula is C14H19BrN2O2. The van der Waals surface area contributed by atoms with Crippen molar-refractivity contribution in [2.24, 2.45) is 5.92 Å². The molecule has 1 aromatic rings. The highest BCUT2D eigenvalue weighted by molar-refractivity contribution is 9.10. The first-order valence-electron chi connectivity index (χ1n) is 6.53. The van der Waals surface area contributed by atoms with E-state index in [2.05, 4.69) is 26.6 Å². The molecule has 4 nitrogen and oxygen atoms in total. The Hall–Kier alpha value is -1.07. The van der Waals surface area contributed by atoms with Crippen molar-refractivity contribution in [3.8, 4) is 5.75 Å². The lowest BCUT2D eigenvalue weighted by Crippen LogP contribution is -2.35. The Kier molecular flexibility index (Phi) is 5.22. The zero-order valence-electron chi connectivity index (χ0n) is 11.0. The molecule has 2 N–H and O–H groups in total. The summed E-state index contributed by atoms with van der Waals surface area (Å²) < 4.78 is 5.95. The van der Waals surface area contributed by atoms with Gasteiger partial charge in [-0.25, -0.2) is 0 Å². The molecule has 2 rings (SSSR count). The van der Waals surface area contributed by atoms with Crippen LogP contribution in [0.25, 0.3) is 0 Å². The Morgan fingerprint density at radius 2 is 2.21 bits per heavy atom. The van der Waals surface area contributed by atoms with Gasteiger partial charge in [0, 0.05) is 12.1 Å². The maximum absolute atomic E-state index is 12.1. The van der Waals surface area contributed by atoms with Gasteiger partial charge in [-0.1, -0.05) is 0 Å². The van der Waals surface area contributed by atoms with Gasteiger partial charge in [0.05, 0.1) is 11.6 Å². The first-order valence-corrected chi connectivity index (χ1v) is 7.32. The summed E-state index contributed by atoms with van der Waals surface area (Å²) in [6.45, 7) is 2.85. The molecule has 0 radical (unpaired) electrons. The van der Waals surface area contributed by atoms with Crippen LogP contribution in [0.3, 0.4) is 0 Å². The minimum atomic E-state index is -0.0260. The molecule has 1 amide bonds. The van der Waals surface area contributed by atoms with Crippen molar-refractivity contribution in [3.63, 3.8) is 0 Å². The van der Waals surface area contributed by atoms with Crippen LogP contribution in [0.15, 0.2) is 22.7 Å². The van der Waals surface area contributed by atoms with Crippen LogP contribution in [0.5, 0.6) is 5.75 Å². The summed E-state index contributed by atoms with van der Waals surface area (Å²) in [5.41, 5.74) is 0.654. The van der Waals surface area contributed by atoms with Gasteiger partial charge in [0.15, 0.2) is 0 Å². The molecule has 1 aliphatic rings. The fraction of sp³-hybridized carbons (Fsp3) is 0.500.